The molecule has 0 N–H and O–H groups in total. The summed E-state index contributed by atoms with van der Waals surface area (Å²) in [6.45, 7) is 1.31. The number of thiophene rings is 1. The predicted octanol–water partition coefficient (Wildman–Crippen LogP) is 2.23. The van der Waals surface area contributed by atoms with Gasteiger partial charge in [0.05, 0.1) is 6.54 Å². The van der Waals surface area contributed by atoms with E-state index in [0.29, 0.717) is 19.0 Å². The van der Waals surface area contributed by atoms with Gasteiger partial charge in [-0.1, -0.05) is 6.07 Å². The number of hydrogen-bond acceptors (Lipinski definition) is 5. The molecule has 21 heavy (non-hydrogen) atoms. The van der Waals surface area contributed by atoms with Crippen LogP contribution in [0, 0.1) is 0 Å². The summed E-state index contributed by atoms with van der Waals surface area (Å²) < 4.78 is 5.74. The molecule has 1 fully saturated rings. The van der Waals surface area contributed by atoms with E-state index in [9.17, 15) is 4.79 Å². The van der Waals surface area contributed by atoms with Crippen LogP contribution >= 0.6 is 11.3 Å². The van der Waals surface area contributed by atoms with Gasteiger partial charge in [-0.15, -0.1) is 11.3 Å². The third-order valence-corrected chi connectivity index (χ3v) is 4.07. The first-order valence-electron chi connectivity index (χ1n) is 6.74. The Morgan fingerprint density at radius 3 is 3.19 bits per heavy atom. The zero-order valence-corrected chi connectivity index (χ0v) is 12.2. The quantitative estimate of drug-likeness (QED) is 0.813. The first-order chi connectivity index (χ1) is 10.3. The van der Waals surface area contributed by atoms with Crippen LogP contribution in [-0.2, 0) is 4.79 Å². The van der Waals surface area contributed by atoms with Gasteiger partial charge < -0.3 is 9.64 Å². The number of amides is 1. The summed E-state index contributed by atoms with van der Waals surface area (Å²) in [7, 11) is 0. The Hall–Kier alpha value is -2.21. The lowest BCUT2D eigenvalue weighted by Crippen LogP contribution is -2.29. The van der Waals surface area contributed by atoms with Crippen LogP contribution in [0.4, 0.5) is 0 Å². The fourth-order valence-electron chi connectivity index (χ4n) is 2.19. The van der Waals surface area contributed by atoms with Crippen molar-refractivity contribution >= 4 is 23.3 Å². The molecule has 6 heteroatoms. The van der Waals surface area contributed by atoms with Gasteiger partial charge in [0, 0.05) is 36.2 Å². The molecule has 1 saturated heterocycles. The van der Waals surface area contributed by atoms with Gasteiger partial charge in [-0.2, -0.15) is 0 Å². The molecule has 1 aliphatic rings. The zero-order valence-electron chi connectivity index (χ0n) is 11.4. The van der Waals surface area contributed by atoms with E-state index in [1.807, 2.05) is 23.6 Å². The summed E-state index contributed by atoms with van der Waals surface area (Å²) >= 11 is 1.61. The Morgan fingerprint density at radius 2 is 2.43 bits per heavy atom. The summed E-state index contributed by atoms with van der Waals surface area (Å²) in [4.78, 5) is 22.9. The molecular formula is C15H15N3O2S. The fraction of sp³-hybridized carbons (Fsp3) is 0.267. The van der Waals surface area contributed by atoms with Crippen LogP contribution in [-0.4, -0.2) is 40.0 Å². The highest BCUT2D eigenvalue weighted by molar-refractivity contribution is 7.10. The van der Waals surface area contributed by atoms with Crippen molar-refractivity contribution in [1.29, 1.82) is 0 Å². The molecular weight excluding hydrogens is 286 g/mol. The standard InChI is InChI=1S/C15H15N3O2S/c19-15(4-3-13-2-1-9-21-13)18-8-6-12(10-18)20-14-5-7-16-11-17-14/h1-5,7,9,11-12H,6,8,10H2/b4-3+. The fourth-order valence-corrected chi connectivity index (χ4v) is 2.81. The number of rotatable bonds is 4. The summed E-state index contributed by atoms with van der Waals surface area (Å²) in [5.41, 5.74) is 0. The van der Waals surface area contributed by atoms with Gasteiger partial charge >= 0.3 is 0 Å². The van der Waals surface area contributed by atoms with Crippen molar-refractivity contribution in [3.05, 3.63) is 47.1 Å². The molecule has 0 spiro atoms. The summed E-state index contributed by atoms with van der Waals surface area (Å²) in [6, 6.07) is 5.68. The molecule has 1 atom stereocenters. The molecule has 0 aliphatic carbocycles. The minimum absolute atomic E-state index is 0.000937. The zero-order chi connectivity index (χ0) is 14.5. The Labute approximate surface area is 126 Å². The first-order valence-corrected chi connectivity index (χ1v) is 7.62. The molecule has 0 aromatic carbocycles. The molecule has 1 unspecified atom stereocenters. The molecule has 1 aliphatic heterocycles. The third-order valence-electron chi connectivity index (χ3n) is 3.23. The maximum Gasteiger partial charge on any atom is 0.246 e. The normalized spacial score (nSPS) is 18.3. The molecule has 1 amide bonds. The summed E-state index contributed by atoms with van der Waals surface area (Å²) in [5.74, 6) is 0.579. The average molecular weight is 301 g/mol. The monoisotopic (exact) mass is 301 g/mol. The Balaban J connectivity index is 1.53. The number of carbonyl (C=O) groups is 1. The van der Waals surface area contributed by atoms with Crippen molar-refractivity contribution in [1.82, 2.24) is 14.9 Å². The average Bonchev–Trinajstić information content (AvgIpc) is 3.17. The summed E-state index contributed by atoms with van der Waals surface area (Å²) in [6.07, 6.45) is 7.40. The van der Waals surface area contributed by atoms with Gasteiger partial charge in [0.1, 0.15) is 12.4 Å². The van der Waals surface area contributed by atoms with Crippen molar-refractivity contribution in [3.8, 4) is 5.88 Å². The van der Waals surface area contributed by atoms with E-state index in [2.05, 4.69) is 9.97 Å². The van der Waals surface area contributed by atoms with Crippen molar-refractivity contribution in [2.75, 3.05) is 13.1 Å². The Morgan fingerprint density at radius 1 is 1.48 bits per heavy atom. The van der Waals surface area contributed by atoms with Crippen molar-refractivity contribution in [2.24, 2.45) is 0 Å². The Bertz CT molecular complexity index is 613. The van der Waals surface area contributed by atoms with Crippen molar-refractivity contribution in [3.63, 3.8) is 0 Å². The molecule has 0 bridgehead atoms. The molecule has 0 saturated carbocycles. The van der Waals surface area contributed by atoms with E-state index < -0.39 is 0 Å². The van der Waals surface area contributed by atoms with Gasteiger partial charge in [0.25, 0.3) is 0 Å². The number of hydrogen-bond donors (Lipinski definition) is 0. The number of likely N-dealkylation sites (tertiary alicyclic amines) is 1. The minimum atomic E-state index is -0.000937. The van der Waals surface area contributed by atoms with Crippen LogP contribution < -0.4 is 4.74 Å². The molecule has 5 nitrogen and oxygen atoms in total. The lowest BCUT2D eigenvalue weighted by atomic mass is 10.3. The second kappa shape index (κ2) is 6.49. The molecule has 2 aromatic rings. The van der Waals surface area contributed by atoms with Crippen molar-refractivity contribution < 1.29 is 9.53 Å². The SMILES string of the molecule is O=C(/C=C/c1cccs1)N1CCC(Oc2ccncn2)C1. The van der Waals surface area contributed by atoms with E-state index in [0.717, 1.165) is 11.3 Å². The highest BCUT2D eigenvalue weighted by atomic mass is 32.1. The highest BCUT2D eigenvalue weighted by Crippen LogP contribution is 2.17. The van der Waals surface area contributed by atoms with Gasteiger partial charge in [-0.05, 0) is 17.5 Å². The number of nitrogens with zero attached hydrogens (tertiary/aromatic N) is 3. The minimum Gasteiger partial charge on any atom is -0.472 e. The number of carbonyl (C=O) groups excluding carboxylic acids is 1. The maximum absolute atomic E-state index is 12.1. The van der Waals surface area contributed by atoms with Crippen LogP contribution in [0.15, 0.2) is 42.2 Å². The van der Waals surface area contributed by atoms with Gasteiger partial charge in [0.2, 0.25) is 11.8 Å². The van der Waals surface area contributed by atoms with Crippen LogP contribution in [0.1, 0.15) is 11.3 Å². The van der Waals surface area contributed by atoms with Crippen LogP contribution in [0.2, 0.25) is 0 Å². The lowest BCUT2D eigenvalue weighted by molar-refractivity contribution is -0.125. The van der Waals surface area contributed by atoms with Crippen LogP contribution in [0.5, 0.6) is 5.88 Å². The van der Waals surface area contributed by atoms with Gasteiger partial charge in [0.15, 0.2) is 0 Å². The van der Waals surface area contributed by atoms with Crippen LogP contribution in [0.3, 0.4) is 0 Å². The van der Waals surface area contributed by atoms with Crippen LogP contribution in [0.25, 0.3) is 6.08 Å². The van der Waals surface area contributed by atoms with E-state index in [-0.39, 0.29) is 12.0 Å². The predicted molar refractivity (Wildman–Crippen MR) is 81.0 cm³/mol. The second-order valence-corrected chi connectivity index (χ2v) is 5.69. The van der Waals surface area contributed by atoms with E-state index >= 15 is 0 Å². The topological polar surface area (TPSA) is 55.3 Å². The van der Waals surface area contributed by atoms with E-state index in [4.69, 9.17) is 4.74 Å². The van der Waals surface area contributed by atoms with Gasteiger partial charge in [-0.25, -0.2) is 9.97 Å². The second-order valence-electron chi connectivity index (χ2n) is 4.71. The molecule has 2 aromatic heterocycles. The third kappa shape index (κ3) is 3.66. The number of aromatic nitrogens is 2. The smallest absolute Gasteiger partial charge is 0.246 e. The van der Waals surface area contributed by atoms with Gasteiger partial charge in [-0.3, -0.25) is 4.79 Å². The van der Waals surface area contributed by atoms with E-state index in [1.54, 1.807) is 34.6 Å². The first kappa shape index (κ1) is 13.8. The number of ether oxygens (including phenoxy) is 1. The Kier molecular flexibility index (Phi) is 4.25. The molecule has 3 rings (SSSR count). The molecule has 3 heterocycles. The van der Waals surface area contributed by atoms with E-state index in [1.165, 1.54) is 6.33 Å². The lowest BCUT2D eigenvalue weighted by Gasteiger charge is -2.15. The maximum atomic E-state index is 12.1. The largest absolute Gasteiger partial charge is 0.472 e. The molecule has 108 valence electrons. The molecule has 0 radical (unpaired) electrons. The van der Waals surface area contributed by atoms with Crippen molar-refractivity contribution in [2.45, 2.75) is 12.5 Å². The summed E-state index contributed by atoms with van der Waals surface area (Å²) in [5, 5.41) is 1.99. The highest BCUT2D eigenvalue weighted by Gasteiger charge is 2.26.